The van der Waals surface area contributed by atoms with E-state index in [4.69, 9.17) is 19.4 Å². The first-order valence-corrected chi connectivity index (χ1v) is 16.2. The zero-order valence-corrected chi connectivity index (χ0v) is 25.9. The number of para-hydroxylation sites is 3. The van der Waals surface area contributed by atoms with E-state index in [1.807, 2.05) is 24.3 Å². The van der Waals surface area contributed by atoms with Gasteiger partial charge in [0.2, 0.25) is 5.95 Å². The van der Waals surface area contributed by atoms with Crippen molar-refractivity contribution in [2.75, 3.05) is 0 Å². The van der Waals surface area contributed by atoms with Gasteiger partial charge in [-0.3, -0.25) is 9.13 Å². The molecule has 11 rings (SSSR count). The number of rotatable bonds is 3. The first kappa shape index (κ1) is 26.2. The molecule has 0 unspecified atom stereocenters. The van der Waals surface area contributed by atoms with Crippen LogP contribution in [0.4, 0.5) is 0 Å². The number of benzene rings is 6. The predicted octanol–water partition coefficient (Wildman–Crippen LogP) is 10.2. The highest BCUT2D eigenvalue weighted by Gasteiger charge is 2.24. The Bertz CT molecular complexity index is 3120. The van der Waals surface area contributed by atoms with Crippen molar-refractivity contribution in [2.24, 2.45) is 0 Å². The Labute approximate surface area is 278 Å². The lowest BCUT2D eigenvalue weighted by Gasteiger charge is -2.10. The minimum atomic E-state index is 0.581. The van der Waals surface area contributed by atoms with Crippen LogP contribution in [-0.2, 0) is 0 Å². The average molecular weight is 629 g/mol. The molecule has 0 N–H and O–H groups in total. The molecule has 0 atom stereocenters. The molecule has 0 spiro atoms. The van der Waals surface area contributed by atoms with E-state index < -0.39 is 0 Å². The van der Waals surface area contributed by atoms with Crippen molar-refractivity contribution in [3.8, 4) is 23.0 Å². The second kappa shape index (κ2) is 9.82. The second-order valence-electron chi connectivity index (χ2n) is 12.3. The molecule has 7 heteroatoms. The van der Waals surface area contributed by atoms with Crippen molar-refractivity contribution in [1.29, 1.82) is 0 Å². The van der Waals surface area contributed by atoms with Crippen LogP contribution in [0.5, 0.6) is 0 Å². The smallest absolute Gasteiger partial charge is 0.236 e. The van der Waals surface area contributed by atoms with E-state index in [1.165, 1.54) is 5.39 Å². The summed E-state index contributed by atoms with van der Waals surface area (Å²) in [5, 5.41) is 7.79. The van der Waals surface area contributed by atoms with Gasteiger partial charge in [0.25, 0.3) is 0 Å². The van der Waals surface area contributed by atoms with Crippen LogP contribution in [0, 0.1) is 0 Å². The monoisotopic (exact) mass is 628 g/mol. The summed E-state index contributed by atoms with van der Waals surface area (Å²) in [5.41, 5.74) is 8.15. The molecule has 0 aliphatic rings. The molecule has 0 amide bonds. The van der Waals surface area contributed by atoms with Crippen molar-refractivity contribution in [3.63, 3.8) is 0 Å². The third kappa shape index (κ3) is 3.66. The molecule has 6 aromatic carbocycles. The second-order valence-corrected chi connectivity index (χ2v) is 12.3. The highest BCUT2D eigenvalue weighted by molar-refractivity contribution is 6.26. The number of aromatic nitrogens is 6. The molecule has 11 aromatic rings. The molecule has 0 aliphatic carbocycles. The Morgan fingerprint density at radius 2 is 1.31 bits per heavy atom. The van der Waals surface area contributed by atoms with Gasteiger partial charge in [-0.2, -0.15) is 0 Å². The van der Waals surface area contributed by atoms with Crippen LogP contribution in [0.3, 0.4) is 0 Å². The first-order valence-electron chi connectivity index (χ1n) is 16.2. The maximum absolute atomic E-state index is 6.50. The Balaban J connectivity index is 1.29. The van der Waals surface area contributed by atoms with Crippen molar-refractivity contribution in [1.82, 2.24) is 29.1 Å². The van der Waals surface area contributed by atoms with Gasteiger partial charge < -0.3 is 4.42 Å². The van der Waals surface area contributed by atoms with Crippen LogP contribution in [0.15, 0.2) is 150 Å². The van der Waals surface area contributed by atoms with Gasteiger partial charge in [-0.05, 0) is 53.2 Å². The van der Waals surface area contributed by atoms with Crippen LogP contribution in [0.1, 0.15) is 0 Å². The Kier molecular flexibility index (Phi) is 5.26. The third-order valence-corrected chi connectivity index (χ3v) is 9.70. The first-order chi connectivity index (χ1) is 24.3. The maximum atomic E-state index is 6.50. The van der Waals surface area contributed by atoms with Crippen molar-refractivity contribution >= 4 is 76.5 Å². The number of hydrogen-bond acceptors (Lipinski definition) is 5. The van der Waals surface area contributed by atoms with E-state index in [0.717, 1.165) is 82.6 Å². The summed E-state index contributed by atoms with van der Waals surface area (Å²) < 4.78 is 10.9. The fourth-order valence-electron chi connectivity index (χ4n) is 7.59. The predicted molar refractivity (Wildman–Crippen MR) is 197 cm³/mol. The lowest BCUT2D eigenvalue weighted by Crippen LogP contribution is -2.03. The van der Waals surface area contributed by atoms with Crippen molar-refractivity contribution in [3.05, 3.63) is 146 Å². The van der Waals surface area contributed by atoms with E-state index in [-0.39, 0.29) is 0 Å². The average Bonchev–Trinajstić information content (AvgIpc) is 3.82. The third-order valence-electron chi connectivity index (χ3n) is 9.70. The SMILES string of the molecule is c1ccc2cc(-c3nc(-n4c5ccccc5c5c4ccc4c6ccccc6n(-c6ccncn6)c45)nc4c3oc3ccccc34)ccc2c1. The zero-order valence-electron chi connectivity index (χ0n) is 25.9. The molecule has 0 radical (unpaired) electrons. The summed E-state index contributed by atoms with van der Waals surface area (Å²) in [6.45, 7) is 0. The highest BCUT2D eigenvalue weighted by Crippen LogP contribution is 2.42. The van der Waals surface area contributed by atoms with Gasteiger partial charge in [0.15, 0.2) is 5.58 Å². The van der Waals surface area contributed by atoms with Crippen LogP contribution < -0.4 is 0 Å². The summed E-state index contributed by atoms with van der Waals surface area (Å²) >= 11 is 0. The lowest BCUT2D eigenvalue weighted by molar-refractivity contribution is 0.666. The van der Waals surface area contributed by atoms with E-state index in [2.05, 4.69) is 123 Å². The van der Waals surface area contributed by atoms with E-state index in [1.54, 1.807) is 12.5 Å². The van der Waals surface area contributed by atoms with E-state index in [0.29, 0.717) is 11.5 Å². The van der Waals surface area contributed by atoms with Gasteiger partial charge in [0.05, 0.1) is 22.1 Å². The minimum absolute atomic E-state index is 0.581. The zero-order chi connectivity index (χ0) is 32.1. The van der Waals surface area contributed by atoms with Crippen LogP contribution in [0.25, 0.3) is 99.5 Å². The van der Waals surface area contributed by atoms with Gasteiger partial charge in [0, 0.05) is 38.7 Å². The molecule has 49 heavy (non-hydrogen) atoms. The molecule has 0 bridgehead atoms. The summed E-state index contributed by atoms with van der Waals surface area (Å²) in [5.74, 6) is 1.39. The highest BCUT2D eigenvalue weighted by atomic mass is 16.3. The largest absolute Gasteiger partial charge is 0.452 e. The molecular weight excluding hydrogens is 605 g/mol. The number of furan rings is 1. The van der Waals surface area contributed by atoms with Gasteiger partial charge in [0.1, 0.15) is 28.9 Å². The molecule has 5 aromatic heterocycles. The van der Waals surface area contributed by atoms with E-state index >= 15 is 0 Å². The minimum Gasteiger partial charge on any atom is -0.452 e. The molecule has 0 saturated carbocycles. The topological polar surface area (TPSA) is 74.6 Å². The number of hydrogen-bond donors (Lipinski definition) is 0. The Morgan fingerprint density at radius 3 is 2.16 bits per heavy atom. The van der Waals surface area contributed by atoms with E-state index in [9.17, 15) is 0 Å². The molecule has 0 fully saturated rings. The van der Waals surface area contributed by atoms with Crippen molar-refractivity contribution < 1.29 is 4.42 Å². The molecule has 228 valence electrons. The molecule has 5 heterocycles. The molecule has 7 nitrogen and oxygen atoms in total. The van der Waals surface area contributed by atoms with Crippen molar-refractivity contribution in [2.45, 2.75) is 0 Å². The standard InChI is InChI=1S/C42H24N6O/c1-2-10-26-23-27(18-17-25(26)9-1)38-41-39(31-13-5-8-16-35(31)49-41)46-42(45-38)47-33-15-7-4-12-30(33)37-34(47)20-19-29-28-11-3-6-14-32(28)48(40(29)37)36-21-22-43-24-44-36/h1-24H. The van der Waals surface area contributed by atoms with Gasteiger partial charge in [-0.1, -0.05) is 91.0 Å². The van der Waals surface area contributed by atoms with Gasteiger partial charge in [-0.25, -0.2) is 19.9 Å². The summed E-state index contributed by atoms with van der Waals surface area (Å²) in [6.07, 6.45) is 3.39. The number of fused-ring (bicyclic) bond motifs is 11. The quantitative estimate of drug-likeness (QED) is 0.195. The van der Waals surface area contributed by atoms with Gasteiger partial charge >= 0.3 is 0 Å². The maximum Gasteiger partial charge on any atom is 0.236 e. The summed E-state index contributed by atoms with van der Waals surface area (Å²) in [6, 6.07) is 46.3. The normalized spacial score (nSPS) is 12.1. The Morgan fingerprint density at radius 1 is 0.551 bits per heavy atom. The molecule has 0 saturated heterocycles. The summed E-state index contributed by atoms with van der Waals surface area (Å²) in [7, 11) is 0. The van der Waals surface area contributed by atoms with Crippen LogP contribution >= 0.6 is 0 Å². The fourth-order valence-corrected chi connectivity index (χ4v) is 7.59. The van der Waals surface area contributed by atoms with Crippen LogP contribution in [0.2, 0.25) is 0 Å². The molecule has 0 aliphatic heterocycles. The molecular formula is C42H24N6O. The van der Waals surface area contributed by atoms with Crippen LogP contribution in [-0.4, -0.2) is 29.1 Å². The Hall–Kier alpha value is -6.86. The lowest BCUT2D eigenvalue weighted by atomic mass is 10.0. The number of nitrogens with zero attached hydrogens (tertiary/aromatic N) is 6. The fraction of sp³-hybridized carbons (Fsp3) is 0. The van der Waals surface area contributed by atoms with Gasteiger partial charge in [-0.15, -0.1) is 0 Å². The summed E-state index contributed by atoms with van der Waals surface area (Å²) in [4.78, 5) is 19.6.